The number of hydrogen-bond donors (Lipinski definition) is 2. The lowest BCUT2D eigenvalue weighted by molar-refractivity contribution is -0.384. The lowest BCUT2D eigenvalue weighted by Crippen LogP contribution is -2.31. The van der Waals surface area contributed by atoms with Crippen molar-refractivity contribution in [1.29, 1.82) is 0 Å². The van der Waals surface area contributed by atoms with E-state index in [0.717, 1.165) is 18.2 Å². The van der Waals surface area contributed by atoms with Gasteiger partial charge in [-0.1, -0.05) is 13.8 Å². The summed E-state index contributed by atoms with van der Waals surface area (Å²) in [6.07, 6.45) is 0. The molecule has 0 aliphatic carbocycles. The Morgan fingerprint density at radius 2 is 2.22 bits per heavy atom. The summed E-state index contributed by atoms with van der Waals surface area (Å²) in [6.45, 7) is 4.65. The third-order valence-electron chi connectivity index (χ3n) is 2.08. The number of hydrogen-bond acceptors (Lipinski definition) is 3. The molecule has 0 fully saturated rings. The van der Waals surface area contributed by atoms with Crippen molar-refractivity contribution in [2.75, 3.05) is 11.9 Å². The lowest BCUT2D eigenvalue weighted by Gasteiger charge is -2.12. The third-order valence-corrected chi connectivity index (χ3v) is 2.33. The molecule has 98 valence electrons. The number of halogens is 1. The number of nitro benzene ring substituents is 1. The molecule has 0 saturated heterocycles. The van der Waals surface area contributed by atoms with E-state index < -0.39 is 10.7 Å². The average molecular weight is 271 g/mol. The predicted molar refractivity (Wildman–Crippen MR) is 72.1 cm³/mol. The van der Waals surface area contributed by atoms with E-state index in [0.29, 0.717) is 12.5 Å². The fourth-order valence-corrected chi connectivity index (χ4v) is 1.38. The van der Waals surface area contributed by atoms with Crippen LogP contribution in [0.5, 0.6) is 0 Å². The highest BCUT2D eigenvalue weighted by Gasteiger charge is 2.11. The van der Waals surface area contributed by atoms with Gasteiger partial charge in [0.15, 0.2) is 5.11 Å². The number of non-ortho nitro benzene ring substituents is 1. The molecule has 1 aromatic carbocycles. The van der Waals surface area contributed by atoms with E-state index in [-0.39, 0.29) is 16.5 Å². The standard InChI is InChI=1S/C11H14FN3O2S/c1-7(2)6-13-11(18)14-10-5-8(15(16)17)3-4-9(10)12/h3-5,7H,6H2,1-2H3,(H2,13,14,18). The molecule has 0 aliphatic rings. The van der Waals surface area contributed by atoms with Crippen LogP contribution >= 0.6 is 12.2 Å². The SMILES string of the molecule is CC(C)CNC(=S)Nc1cc([N+](=O)[O-])ccc1F. The highest BCUT2D eigenvalue weighted by Crippen LogP contribution is 2.21. The Morgan fingerprint density at radius 3 is 2.78 bits per heavy atom. The van der Waals surface area contributed by atoms with Gasteiger partial charge < -0.3 is 10.6 Å². The number of nitrogens with zero attached hydrogens (tertiary/aromatic N) is 1. The van der Waals surface area contributed by atoms with E-state index in [1.165, 1.54) is 0 Å². The summed E-state index contributed by atoms with van der Waals surface area (Å²) in [5, 5.41) is 16.3. The van der Waals surface area contributed by atoms with Gasteiger partial charge in [0.1, 0.15) is 5.82 Å². The molecule has 0 radical (unpaired) electrons. The maximum atomic E-state index is 13.4. The molecule has 0 bridgehead atoms. The highest BCUT2D eigenvalue weighted by atomic mass is 32.1. The molecule has 7 heteroatoms. The second-order valence-electron chi connectivity index (χ2n) is 4.15. The smallest absolute Gasteiger partial charge is 0.271 e. The van der Waals surface area contributed by atoms with Crippen LogP contribution in [-0.4, -0.2) is 16.6 Å². The Bertz CT molecular complexity index is 466. The van der Waals surface area contributed by atoms with Crippen molar-refractivity contribution in [2.24, 2.45) is 5.92 Å². The van der Waals surface area contributed by atoms with Gasteiger partial charge in [-0.2, -0.15) is 0 Å². The molecule has 2 N–H and O–H groups in total. The molecule has 0 atom stereocenters. The monoisotopic (exact) mass is 271 g/mol. The van der Waals surface area contributed by atoms with Crippen LogP contribution in [0.3, 0.4) is 0 Å². The molecule has 5 nitrogen and oxygen atoms in total. The van der Waals surface area contributed by atoms with Crippen molar-refractivity contribution >= 4 is 28.7 Å². The number of anilines is 1. The Morgan fingerprint density at radius 1 is 1.56 bits per heavy atom. The maximum Gasteiger partial charge on any atom is 0.271 e. The number of rotatable bonds is 4. The minimum Gasteiger partial charge on any atom is -0.362 e. The Labute approximate surface area is 110 Å². The van der Waals surface area contributed by atoms with Crippen LogP contribution in [0.1, 0.15) is 13.8 Å². The minimum absolute atomic E-state index is 0.00884. The van der Waals surface area contributed by atoms with E-state index in [9.17, 15) is 14.5 Å². The fraction of sp³-hybridized carbons (Fsp3) is 0.364. The summed E-state index contributed by atoms with van der Waals surface area (Å²) in [5.41, 5.74) is -0.198. The van der Waals surface area contributed by atoms with E-state index in [1.54, 1.807) is 0 Å². The van der Waals surface area contributed by atoms with E-state index in [1.807, 2.05) is 13.8 Å². The van der Waals surface area contributed by atoms with Crippen molar-refractivity contribution in [2.45, 2.75) is 13.8 Å². The molecular formula is C11H14FN3O2S. The van der Waals surface area contributed by atoms with Gasteiger partial charge in [0, 0.05) is 18.7 Å². The van der Waals surface area contributed by atoms with Gasteiger partial charge in [-0.05, 0) is 24.2 Å². The summed E-state index contributed by atoms with van der Waals surface area (Å²) in [4.78, 5) is 9.98. The average Bonchev–Trinajstić information content (AvgIpc) is 2.29. The van der Waals surface area contributed by atoms with Gasteiger partial charge in [-0.15, -0.1) is 0 Å². The highest BCUT2D eigenvalue weighted by molar-refractivity contribution is 7.80. The molecule has 0 amide bonds. The van der Waals surface area contributed by atoms with Crippen LogP contribution in [-0.2, 0) is 0 Å². The van der Waals surface area contributed by atoms with E-state index >= 15 is 0 Å². The number of nitro groups is 1. The zero-order valence-electron chi connectivity index (χ0n) is 10.1. The first-order chi connectivity index (χ1) is 8.40. The second kappa shape index (κ2) is 6.25. The molecule has 0 aromatic heterocycles. The van der Waals surface area contributed by atoms with Crippen molar-refractivity contribution in [3.05, 3.63) is 34.1 Å². The molecule has 0 spiro atoms. The van der Waals surface area contributed by atoms with Crippen molar-refractivity contribution in [1.82, 2.24) is 5.32 Å². The van der Waals surface area contributed by atoms with Gasteiger partial charge in [-0.3, -0.25) is 10.1 Å². The first-order valence-corrected chi connectivity index (χ1v) is 5.79. The van der Waals surface area contributed by atoms with Gasteiger partial charge >= 0.3 is 0 Å². The molecule has 0 aliphatic heterocycles. The van der Waals surface area contributed by atoms with Crippen molar-refractivity contribution in [3.8, 4) is 0 Å². The van der Waals surface area contributed by atoms with Crippen LogP contribution in [0.15, 0.2) is 18.2 Å². The van der Waals surface area contributed by atoms with E-state index in [4.69, 9.17) is 12.2 Å². The Kier molecular flexibility index (Phi) is 4.96. The zero-order chi connectivity index (χ0) is 13.7. The summed E-state index contributed by atoms with van der Waals surface area (Å²) in [7, 11) is 0. The van der Waals surface area contributed by atoms with Crippen molar-refractivity contribution in [3.63, 3.8) is 0 Å². The minimum atomic E-state index is -0.589. The molecule has 18 heavy (non-hydrogen) atoms. The predicted octanol–water partition coefficient (Wildman–Crippen LogP) is 2.68. The molecule has 1 aromatic rings. The van der Waals surface area contributed by atoms with Crippen LogP contribution in [0.2, 0.25) is 0 Å². The number of thiocarbonyl (C=S) groups is 1. The van der Waals surface area contributed by atoms with Gasteiger partial charge in [0.2, 0.25) is 0 Å². The van der Waals surface area contributed by atoms with Crippen LogP contribution in [0.4, 0.5) is 15.8 Å². The largest absolute Gasteiger partial charge is 0.362 e. The van der Waals surface area contributed by atoms with Crippen LogP contribution in [0.25, 0.3) is 0 Å². The summed E-state index contributed by atoms with van der Waals surface area (Å²) in [5.74, 6) is -0.200. The van der Waals surface area contributed by atoms with Crippen LogP contribution < -0.4 is 10.6 Å². The molecule has 1 rings (SSSR count). The van der Waals surface area contributed by atoms with Gasteiger partial charge in [-0.25, -0.2) is 4.39 Å². The van der Waals surface area contributed by atoms with E-state index in [2.05, 4.69) is 10.6 Å². The van der Waals surface area contributed by atoms with Crippen molar-refractivity contribution < 1.29 is 9.31 Å². The van der Waals surface area contributed by atoms with Gasteiger partial charge in [0.05, 0.1) is 10.6 Å². The number of benzene rings is 1. The normalized spacial score (nSPS) is 10.2. The Hall–Kier alpha value is -1.76. The molecule has 0 heterocycles. The molecular weight excluding hydrogens is 257 g/mol. The lowest BCUT2D eigenvalue weighted by atomic mass is 10.2. The first-order valence-electron chi connectivity index (χ1n) is 5.39. The van der Waals surface area contributed by atoms with Crippen LogP contribution in [0, 0.1) is 21.8 Å². The molecule has 0 saturated carbocycles. The topological polar surface area (TPSA) is 67.2 Å². The second-order valence-corrected chi connectivity index (χ2v) is 4.56. The zero-order valence-corrected chi connectivity index (χ0v) is 10.9. The summed E-state index contributed by atoms with van der Waals surface area (Å²) in [6, 6.07) is 3.25. The molecule has 0 unspecified atom stereocenters. The Balaban J connectivity index is 2.74. The quantitative estimate of drug-likeness (QED) is 0.500. The first kappa shape index (κ1) is 14.3. The summed E-state index contributed by atoms with van der Waals surface area (Å²) < 4.78 is 13.4. The fourth-order valence-electron chi connectivity index (χ4n) is 1.19. The summed E-state index contributed by atoms with van der Waals surface area (Å²) >= 11 is 4.96. The third kappa shape index (κ3) is 4.25. The maximum absolute atomic E-state index is 13.4. The number of nitrogens with one attached hydrogen (secondary N) is 2. The van der Waals surface area contributed by atoms with Gasteiger partial charge in [0.25, 0.3) is 5.69 Å².